The first-order valence-corrected chi connectivity index (χ1v) is 6.70. The number of rotatable bonds is 3. The average Bonchev–Trinajstić information content (AvgIpc) is 2.94. The number of aromatic amines is 1. The van der Waals surface area contributed by atoms with Gasteiger partial charge in [-0.15, -0.1) is 0 Å². The van der Waals surface area contributed by atoms with E-state index in [2.05, 4.69) is 15.3 Å². The van der Waals surface area contributed by atoms with E-state index in [0.29, 0.717) is 10.7 Å². The van der Waals surface area contributed by atoms with E-state index < -0.39 is 6.09 Å². The number of carbonyl (C=O) groups is 1. The van der Waals surface area contributed by atoms with Crippen LogP contribution in [0.4, 0.5) is 10.5 Å². The van der Waals surface area contributed by atoms with E-state index in [4.69, 9.17) is 16.3 Å². The van der Waals surface area contributed by atoms with Crippen LogP contribution in [0.1, 0.15) is 5.56 Å². The number of pyridine rings is 1. The van der Waals surface area contributed by atoms with Gasteiger partial charge in [0.15, 0.2) is 0 Å². The van der Waals surface area contributed by atoms with Crippen molar-refractivity contribution in [2.45, 2.75) is 6.61 Å². The van der Waals surface area contributed by atoms with Crippen LogP contribution in [0, 0.1) is 0 Å². The molecule has 21 heavy (non-hydrogen) atoms. The maximum atomic E-state index is 11.8. The number of hydrogen-bond acceptors (Lipinski definition) is 3. The first kappa shape index (κ1) is 13.5. The summed E-state index contributed by atoms with van der Waals surface area (Å²) in [4.78, 5) is 18.9. The molecule has 0 radical (unpaired) electrons. The second-order valence-electron chi connectivity index (χ2n) is 4.43. The molecule has 0 aliphatic heterocycles. The number of benzene rings is 1. The first-order valence-electron chi connectivity index (χ1n) is 6.33. The van der Waals surface area contributed by atoms with Crippen molar-refractivity contribution in [2.75, 3.05) is 5.32 Å². The number of hydrogen-bond donors (Lipinski definition) is 2. The summed E-state index contributed by atoms with van der Waals surface area (Å²) in [6.45, 7) is 0.116. The zero-order valence-electron chi connectivity index (χ0n) is 11.0. The Morgan fingerprint density at radius 2 is 2.19 bits per heavy atom. The maximum Gasteiger partial charge on any atom is 0.412 e. The minimum Gasteiger partial charge on any atom is -0.444 e. The number of aromatic nitrogens is 2. The number of amides is 1. The molecule has 106 valence electrons. The number of nitrogens with one attached hydrogen (secondary N) is 2. The maximum absolute atomic E-state index is 11.8. The van der Waals surface area contributed by atoms with Gasteiger partial charge in [0.25, 0.3) is 0 Å². The lowest BCUT2D eigenvalue weighted by Crippen LogP contribution is -2.13. The minimum absolute atomic E-state index is 0.116. The normalized spacial score (nSPS) is 10.5. The highest BCUT2D eigenvalue weighted by atomic mass is 35.5. The van der Waals surface area contributed by atoms with Crippen molar-refractivity contribution in [3.8, 4) is 0 Å². The van der Waals surface area contributed by atoms with Crippen LogP contribution >= 0.6 is 11.6 Å². The lowest BCUT2D eigenvalue weighted by Gasteiger charge is -2.08. The SMILES string of the molecule is O=C(Nc1cnc2[nH]ccc2c1)OCc1ccccc1Cl. The molecule has 2 aromatic heterocycles. The van der Waals surface area contributed by atoms with E-state index in [9.17, 15) is 4.79 Å². The van der Waals surface area contributed by atoms with Crippen LogP contribution in [-0.4, -0.2) is 16.1 Å². The monoisotopic (exact) mass is 301 g/mol. The van der Waals surface area contributed by atoms with Gasteiger partial charge < -0.3 is 9.72 Å². The number of ether oxygens (including phenoxy) is 1. The Balaban J connectivity index is 1.62. The van der Waals surface area contributed by atoms with Crippen LogP contribution in [-0.2, 0) is 11.3 Å². The quantitative estimate of drug-likeness (QED) is 0.769. The topological polar surface area (TPSA) is 67.0 Å². The van der Waals surface area contributed by atoms with Crippen LogP contribution in [0.2, 0.25) is 5.02 Å². The molecule has 0 aliphatic rings. The van der Waals surface area contributed by atoms with Crippen molar-refractivity contribution >= 4 is 34.4 Å². The van der Waals surface area contributed by atoms with Crippen molar-refractivity contribution in [1.29, 1.82) is 0 Å². The van der Waals surface area contributed by atoms with Gasteiger partial charge in [-0.2, -0.15) is 0 Å². The Kier molecular flexibility index (Phi) is 3.75. The van der Waals surface area contributed by atoms with Crippen LogP contribution in [0.5, 0.6) is 0 Å². The fraction of sp³-hybridized carbons (Fsp3) is 0.0667. The highest BCUT2D eigenvalue weighted by molar-refractivity contribution is 6.31. The smallest absolute Gasteiger partial charge is 0.412 e. The predicted octanol–water partition coefficient (Wildman–Crippen LogP) is 3.97. The van der Waals surface area contributed by atoms with Crippen molar-refractivity contribution in [3.05, 3.63) is 59.4 Å². The van der Waals surface area contributed by atoms with Crippen LogP contribution < -0.4 is 5.32 Å². The molecule has 0 fully saturated rings. The van der Waals surface area contributed by atoms with Crippen molar-refractivity contribution in [2.24, 2.45) is 0 Å². The fourth-order valence-electron chi connectivity index (χ4n) is 1.92. The number of nitrogens with zero attached hydrogens (tertiary/aromatic N) is 1. The zero-order chi connectivity index (χ0) is 14.7. The average molecular weight is 302 g/mol. The third kappa shape index (κ3) is 3.14. The summed E-state index contributed by atoms with van der Waals surface area (Å²) in [5.41, 5.74) is 2.10. The molecule has 1 aromatic carbocycles. The first-order chi connectivity index (χ1) is 10.2. The molecule has 5 nitrogen and oxygen atoms in total. The molecule has 2 N–H and O–H groups in total. The lowest BCUT2D eigenvalue weighted by atomic mass is 10.2. The van der Waals surface area contributed by atoms with Gasteiger partial charge >= 0.3 is 6.09 Å². The molecule has 0 bridgehead atoms. The standard InChI is InChI=1S/C15H12ClN3O2/c16-13-4-2-1-3-11(13)9-21-15(20)19-12-7-10-5-6-17-14(10)18-8-12/h1-8H,9H2,(H,17,18)(H,19,20). The Labute approximate surface area is 125 Å². The molecule has 3 rings (SSSR count). The van der Waals surface area contributed by atoms with Gasteiger partial charge in [0, 0.05) is 22.2 Å². The molecule has 0 spiro atoms. The van der Waals surface area contributed by atoms with E-state index in [-0.39, 0.29) is 6.61 Å². The summed E-state index contributed by atoms with van der Waals surface area (Å²) in [6, 6.07) is 10.9. The Bertz CT molecular complexity index is 785. The largest absolute Gasteiger partial charge is 0.444 e. The minimum atomic E-state index is -0.549. The van der Waals surface area contributed by atoms with E-state index in [1.165, 1.54) is 0 Å². The van der Waals surface area contributed by atoms with Crippen molar-refractivity contribution < 1.29 is 9.53 Å². The summed E-state index contributed by atoms with van der Waals surface area (Å²) in [7, 11) is 0. The molecule has 1 amide bonds. The molecule has 0 saturated carbocycles. The van der Waals surface area contributed by atoms with Gasteiger partial charge in [0.1, 0.15) is 12.3 Å². The van der Waals surface area contributed by atoms with Crippen LogP contribution in [0.3, 0.4) is 0 Å². The summed E-state index contributed by atoms with van der Waals surface area (Å²) >= 11 is 6.00. The fourth-order valence-corrected chi connectivity index (χ4v) is 2.11. The lowest BCUT2D eigenvalue weighted by molar-refractivity contribution is 0.155. The van der Waals surface area contributed by atoms with Gasteiger partial charge in [-0.3, -0.25) is 5.32 Å². The third-order valence-corrected chi connectivity index (χ3v) is 3.33. The number of anilines is 1. The van der Waals surface area contributed by atoms with Crippen LogP contribution in [0.25, 0.3) is 11.0 Å². The Hall–Kier alpha value is -2.53. The van der Waals surface area contributed by atoms with E-state index in [1.54, 1.807) is 18.5 Å². The van der Waals surface area contributed by atoms with Gasteiger partial charge in [-0.1, -0.05) is 29.8 Å². The number of fused-ring (bicyclic) bond motifs is 1. The van der Waals surface area contributed by atoms with Gasteiger partial charge in [0.05, 0.1) is 11.9 Å². The highest BCUT2D eigenvalue weighted by Gasteiger charge is 2.07. The van der Waals surface area contributed by atoms with E-state index >= 15 is 0 Å². The van der Waals surface area contributed by atoms with Crippen LogP contribution in [0.15, 0.2) is 48.8 Å². The number of halogens is 1. The molecule has 3 aromatic rings. The van der Waals surface area contributed by atoms with Gasteiger partial charge in [-0.25, -0.2) is 9.78 Å². The number of carbonyl (C=O) groups excluding carboxylic acids is 1. The Morgan fingerprint density at radius 1 is 1.33 bits per heavy atom. The second-order valence-corrected chi connectivity index (χ2v) is 4.84. The van der Waals surface area contributed by atoms with E-state index in [1.807, 2.05) is 30.3 Å². The summed E-state index contributed by atoms with van der Waals surface area (Å²) in [6.07, 6.45) is 2.80. The molecule has 2 heterocycles. The molecule has 6 heteroatoms. The number of H-pyrrole nitrogens is 1. The molecule has 0 unspecified atom stereocenters. The molecular weight excluding hydrogens is 290 g/mol. The third-order valence-electron chi connectivity index (χ3n) is 2.96. The highest BCUT2D eigenvalue weighted by Crippen LogP contribution is 2.17. The van der Waals surface area contributed by atoms with Gasteiger partial charge in [0.2, 0.25) is 0 Å². The molecular formula is C15H12ClN3O2. The van der Waals surface area contributed by atoms with Gasteiger partial charge in [-0.05, 0) is 18.2 Å². The van der Waals surface area contributed by atoms with Crippen molar-refractivity contribution in [1.82, 2.24) is 9.97 Å². The van der Waals surface area contributed by atoms with E-state index in [0.717, 1.165) is 16.6 Å². The molecule has 0 aliphatic carbocycles. The predicted molar refractivity (Wildman–Crippen MR) is 81.4 cm³/mol. The summed E-state index contributed by atoms with van der Waals surface area (Å²) in [5, 5.41) is 4.12. The molecule has 0 atom stereocenters. The summed E-state index contributed by atoms with van der Waals surface area (Å²) < 4.78 is 5.14. The Morgan fingerprint density at radius 3 is 3.05 bits per heavy atom. The zero-order valence-corrected chi connectivity index (χ0v) is 11.7. The second kappa shape index (κ2) is 5.85. The molecule has 0 saturated heterocycles. The van der Waals surface area contributed by atoms with Crippen molar-refractivity contribution in [3.63, 3.8) is 0 Å². The summed E-state index contributed by atoms with van der Waals surface area (Å²) in [5.74, 6) is 0.